The van der Waals surface area contributed by atoms with Crippen LogP contribution in [0.2, 0.25) is 0 Å². The van der Waals surface area contributed by atoms with Gasteiger partial charge in [0.1, 0.15) is 0 Å². The number of hydrogen-bond acceptors (Lipinski definition) is 2. The lowest BCUT2D eigenvalue weighted by molar-refractivity contribution is 0.562. The summed E-state index contributed by atoms with van der Waals surface area (Å²) < 4.78 is 0. The van der Waals surface area contributed by atoms with Crippen molar-refractivity contribution in [2.24, 2.45) is 16.5 Å². The summed E-state index contributed by atoms with van der Waals surface area (Å²) in [4.78, 5) is 4.03. The Balaban J connectivity index is 2.70. The molecule has 0 saturated heterocycles. The van der Waals surface area contributed by atoms with Gasteiger partial charge in [0, 0.05) is 0 Å². The van der Waals surface area contributed by atoms with Gasteiger partial charge in [-0.25, -0.2) is 0 Å². The van der Waals surface area contributed by atoms with Gasteiger partial charge in [-0.05, 0) is 12.1 Å². The monoisotopic (exact) mass is 206 g/mol. The SMILES string of the molecule is CCNC(CN=C(N)N)c1ccccc1. The molecule has 15 heavy (non-hydrogen) atoms. The number of hydrogen-bond donors (Lipinski definition) is 3. The van der Waals surface area contributed by atoms with E-state index in [0.717, 1.165) is 6.54 Å². The molecule has 0 spiro atoms. The Hall–Kier alpha value is -1.55. The van der Waals surface area contributed by atoms with E-state index in [4.69, 9.17) is 11.5 Å². The largest absolute Gasteiger partial charge is 0.370 e. The van der Waals surface area contributed by atoms with E-state index in [-0.39, 0.29) is 12.0 Å². The summed E-state index contributed by atoms with van der Waals surface area (Å²) in [6, 6.07) is 10.3. The molecular weight excluding hydrogens is 188 g/mol. The van der Waals surface area contributed by atoms with E-state index >= 15 is 0 Å². The third-order valence-electron chi connectivity index (χ3n) is 2.11. The fraction of sp³-hybridized carbons (Fsp3) is 0.364. The molecule has 1 aromatic carbocycles. The van der Waals surface area contributed by atoms with Crippen LogP contribution in [-0.4, -0.2) is 19.0 Å². The maximum absolute atomic E-state index is 5.31. The molecule has 4 nitrogen and oxygen atoms in total. The predicted octanol–water partition coefficient (Wildman–Crippen LogP) is 0.611. The molecule has 0 aliphatic rings. The van der Waals surface area contributed by atoms with E-state index in [1.165, 1.54) is 5.56 Å². The van der Waals surface area contributed by atoms with Gasteiger partial charge in [-0.15, -0.1) is 0 Å². The first-order chi connectivity index (χ1) is 7.24. The van der Waals surface area contributed by atoms with Crippen molar-refractivity contribution in [2.75, 3.05) is 13.1 Å². The van der Waals surface area contributed by atoms with Gasteiger partial charge < -0.3 is 16.8 Å². The number of aliphatic imine (C=N–C) groups is 1. The fourth-order valence-electron chi connectivity index (χ4n) is 1.42. The van der Waals surface area contributed by atoms with E-state index in [9.17, 15) is 0 Å². The molecule has 1 rings (SSSR count). The lowest BCUT2D eigenvalue weighted by atomic mass is 10.1. The van der Waals surface area contributed by atoms with Gasteiger partial charge in [0.15, 0.2) is 5.96 Å². The van der Waals surface area contributed by atoms with Crippen LogP contribution in [0.4, 0.5) is 0 Å². The molecule has 1 atom stereocenters. The summed E-state index contributed by atoms with van der Waals surface area (Å²) in [7, 11) is 0. The molecule has 0 amide bonds. The van der Waals surface area contributed by atoms with Crippen LogP contribution < -0.4 is 16.8 Å². The normalized spacial score (nSPS) is 12.1. The van der Waals surface area contributed by atoms with Crippen LogP contribution in [0.3, 0.4) is 0 Å². The maximum Gasteiger partial charge on any atom is 0.185 e. The van der Waals surface area contributed by atoms with Crippen LogP contribution in [0.25, 0.3) is 0 Å². The third kappa shape index (κ3) is 3.99. The Kier molecular flexibility index (Phi) is 4.63. The number of likely N-dealkylation sites (N-methyl/N-ethyl adjacent to an activating group) is 1. The van der Waals surface area contributed by atoms with Crippen molar-refractivity contribution < 1.29 is 0 Å². The van der Waals surface area contributed by atoms with Crippen LogP contribution >= 0.6 is 0 Å². The Morgan fingerprint density at radius 2 is 2.00 bits per heavy atom. The second kappa shape index (κ2) is 6.03. The highest BCUT2D eigenvalue weighted by Crippen LogP contribution is 2.12. The smallest absolute Gasteiger partial charge is 0.185 e. The number of rotatable bonds is 5. The molecule has 5 N–H and O–H groups in total. The molecule has 0 aliphatic carbocycles. The minimum Gasteiger partial charge on any atom is -0.370 e. The van der Waals surface area contributed by atoms with Crippen LogP contribution in [0.5, 0.6) is 0 Å². The molecule has 0 aliphatic heterocycles. The molecule has 0 fully saturated rings. The van der Waals surface area contributed by atoms with Gasteiger partial charge in [-0.1, -0.05) is 37.3 Å². The average molecular weight is 206 g/mol. The van der Waals surface area contributed by atoms with Crippen LogP contribution in [-0.2, 0) is 0 Å². The minimum atomic E-state index is 0.133. The first-order valence-corrected chi connectivity index (χ1v) is 5.07. The number of guanidine groups is 1. The van der Waals surface area contributed by atoms with Crippen LogP contribution in [0.15, 0.2) is 35.3 Å². The molecule has 82 valence electrons. The zero-order valence-electron chi connectivity index (χ0n) is 8.98. The second-order valence-electron chi connectivity index (χ2n) is 3.29. The summed E-state index contributed by atoms with van der Waals surface area (Å²) in [5, 5.41) is 3.34. The lowest BCUT2D eigenvalue weighted by Gasteiger charge is -2.15. The Morgan fingerprint density at radius 3 is 2.53 bits per heavy atom. The highest BCUT2D eigenvalue weighted by Gasteiger charge is 2.08. The van der Waals surface area contributed by atoms with Crippen molar-refractivity contribution in [3.63, 3.8) is 0 Å². The fourth-order valence-corrected chi connectivity index (χ4v) is 1.42. The maximum atomic E-state index is 5.31. The van der Waals surface area contributed by atoms with Gasteiger partial charge in [0.05, 0.1) is 12.6 Å². The number of nitrogens with two attached hydrogens (primary N) is 2. The highest BCUT2D eigenvalue weighted by molar-refractivity contribution is 5.75. The van der Waals surface area contributed by atoms with E-state index in [1.54, 1.807) is 0 Å². The van der Waals surface area contributed by atoms with Gasteiger partial charge in [0.25, 0.3) is 0 Å². The topological polar surface area (TPSA) is 76.4 Å². The molecule has 0 heterocycles. The molecule has 4 heteroatoms. The van der Waals surface area contributed by atoms with Crippen molar-refractivity contribution in [3.05, 3.63) is 35.9 Å². The van der Waals surface area contributed by atoms with Gasteiger partial charge in [0.2, 0.25) is 0 Å². The quantitative estimate of drug-likeness (QED) is 0.488. The summed E-state index contributed by atoms with van der Waals surface area (Å²) >= 11 is 0. The minimum absolute atomic E-state index is 0.133. The zero-order chi connectivity index (χ0) is 11.1. The van der Waals surface area contributed by atoms with Crippen molar-refractivity contribution >= 4 is 5.96 Å². The first kappa shape index (κ1) is 11.5. The number of benzene rings is 1. The van der Waals surface area contributed by atoms with E-state index in [2.05, 4.69) is 29.4 Å². The zero-order valence-corrected chi connectivity index (χ0v) is 8.98. The lowest BCUT2D eigenvalue weighted by Crippen LogP contribution is -2.28. The summed E-state index contributed by atoms with van der Waals surface area (Å²) in [5.41, 5.74) is 11.8. The average Bonchev–Trinajstić information content (AvgIpc) is 2.25. The molecule has 0 radical (unpaired) electrons. The molecular formula is C11H18N4. The molecule has 0 bridgehead atoms. The van der Waals surface area contributed by atoms with Gasteiger partial charge >= 0.3 is 0 Å². The molecule has 1 aromatic rings. The van der Waals surface area contributed by atoms with Crippen LogP contribution in [0.1, 0.15) is 18.5 Å². The predicted molar refractivity (Wildman–Crippen MR) is 63.5 cm³/mol. The van der Waals surface area contributed by atoms with Crippen molar-refractivity contribution in [3.8, 4) is 0 Å². The van der Waals surface area contributed by atoms with E-state index in [0.29, 0.717) is 6.54 Å². The Labute approximate surface area is 90.4 Å². The standard InChI is InChI=1S/C11H18N4/c1-2-14-10(8-15-11(12)13)9-6-4-3-5-7-9/h3-7,10,14H,2,8H2,1H3,(H4,12,13,15). The Bertz CT molecular complexity index is 304. The summed E-state index contributed by atoms with van der Waals surface area (Å²) in [5.74, 6) is 0.133. The van der Waals surface area contributed by atoms with E-state index in [1.807, 2.05) is 18.2 Å². The van der Waals surface area contributed by atoms with Gasteiger partial charge in [-0.2, -0.15) is 0 Å². The van der Waals surface area contributed by atoms with Crippen LogP contribution in [0, 0.1) is 0 Å². The van der Waals surface area contributed by atoms with Crippen molar-refractivity contribution in [2.45, 2.75) is 13.0 Å². The second-order valence-corrected chi connectivity index (χ2v) is 3.29. The third-order valence-corrected chi connectivity index (χ3v) is 2.11. The number of nitrogens with one attached hydrogen (secondary N) is 1. The molecule has 0 aromatic heterocycles. The van der Waals surface area contributed by atoms with E-state index < -0.39 is 0 Å². The summed E-state index contributed by atoms with van der Waals surface area (Å²) in [6.45, 7) is 3.52. The Morgan fingerprint density at radius 1 is 1.33 bits per heavy atom. The highest BCUT2D eigenvalue weighted by atomic mass is 15.0. The van der Waals surface area contributed by atoms with Crippen molar-refractivity contribution in [1.82, 2.24) is 5.32 Å². The molecule has 0 saturated carbocycles. The van der Waals surface area contributed by atoms with Crippen molar-refractivity contribution in [1.29, 1.82) is 0 Å². The van der Waals surface area contributed by atoms with Gasteiger partial charge in [-0.3, -0.25) is 4.99 Å². The first-order valence-electron chi connectivity index (χ1n) is 5.07. The summed E-state index contributed by atoms with van der Waals surface area (Å²) in [6.07, 6.45) is 0. The molecule has 1 unspecified atom stereocenters. The number of nitrogens with zero attached hydrogens (tertiary/aromatic N) is 1.